The highest BCUT2D eigenvalue weighted by Gasteiger charge is 2.20. The second-order valence-corrected chi connectivity index (χ2v) is 15.1. The molecular weight excluding hydrogens is 701 g/mol. The van der Waals surface area contributed by atoms with E-state index >= 15 is 0 Å². The van der Waals surface area contributed by atoms with Gasteiger partial charge in [0.2, 0.25) is 0 Å². The number of nitrogens with zero attached hydrogens (tertiary/aromatic N) is 2. The van der Waals surface area contributed by atoms with E-state index < -0.39 is 0 Å². The van der Waals surface area contributed by atoms with E-state index in [9.17, 15) is 0 Å². The van der Waals surface area contributed by atoms with Gasteiger partial charge in [-0.25, -0.2) is 9.97 Å². The number of hydrogen-bond donors (Lipinski definition) is 0. The lowest BCUT2D eigenvalue weighted by Crippen LogP contribution is -1.96. The first kappa shape index (κ1) is 32.3. The fraction of sp³-hybridized carbons (Fsp3) is 0. The molecule has 11 rings (SSSR count). The van der Waals surface area contributed by atoms with Crippen LogP contribution < -0.4 is 0 Å². The predicted molar refractivity (Wildman–Crippen MR) is 235 cm³/mol. The number of benzene rings is 8. The van der Waals surface area contributed by atoms with Crippen LogP contribution in [-0.2, 0) is 0 Å². The Kier molecular flexibility index (Phi) is 7.68. The molecule has 11 aromatic rings. The first-order valence-corrected chi connectivity index (χ1v) is 19.6. The van der Waals surface area contributed by atoms with Crippen LogP contribution in [0.4, 0.5) is 0 Å². The lowest BCUT2D eigenvalue weighted by molar-refractivity contribution is 0.670. The maximum atomic E-state index is 6.75. The second kappa shape index (κ2) is 13.3. The number of fused-ring (bicyclic) bond motifs is 6. The average Bonchev–Trinajstić information content (AvgIpc) is 3.86. The van der Waals surface area contributed by atoms with Gasteiger partial charge in [0.25, 0.3) is 0 Å². The third-order valence-electron chi connectivity index (χ3n) is 10.8. The molecule has 0 atom stereocenters. The molecule has 3 heterocycles. The summed E-state index contributed by atoms with van der Waals surface area (Å²) < 4.78 is 9.32. The Labute approximate surface area is 327 Å². The number of aromatic nitrogens is 2. The molecule has 0 saturated heterocycles. The van der Waals surface area contributed by atoms with Crippen molar-refractivity contribution in [2.45, 2.75) is 0 Å². The van der Waals surface area contributed by atoms with E-state index in [4.69, 9.17) is 14.4 Å². The molecule has 56 heavy (non-hydrogen) atoms. The highest BCUT2D eigenvalue weighted by Crippen LogP contribution is 2.46. The number of thiophene rings is 1. The van der Waals surface area contributed by atoms with E-state index in [1.807, 2.05) is 29.5 Å². The Balaban J connectivity index is 1.02. The Morgan fingerprint density at radius 3 is 1.70 bits per heavy atom. The van der Waals surface area contributed by atoms with Crippen molar-refractivity contribution in [1.82, 2.24) is 9.97 Å². The fourth-order valence-electron chi connectivity index (χ4n) is 7.98. The van der Waals surface area contributed by atoms with Crippen molar-refractivity contribution in [3.63, 3.8) is 0 Å². The van der Waals surface area contributed by atoms with Crippen LogP contribution in [0.25, 0.3) is 109 Å². The molecule has 0 aliphatic heterocycles. The Bertz CT molecular complexity index is 3220. The summed E-state index contributed by atoms with van der Waals surface area (Å²) in [7, 11) is 0. The molecule has 0 aliphatic rings. The van der Waals surface area contributed by atoms with Crippen LogP contribution >= 0.6 is 11.3 Å². The highest BCUT2D eigenvalue weighted by molar-refractivity contribution is 7.26. The minimum Gasteiger partial charge on any atom is -0.455 e. The molecule has 0 unspecified atom stereocenters. The second-order valence-electron chi connectivity index (χ2n) is 14.1. The smallest absolute Gasteiger partial charge is 0.160 e. The van der Waals surface area contributed by atoms with Gasteiger partial charge in [-0.15, -0.1) is 11.3 Å². The van der Waals surface area contributed by atoms with E-state index in [0.717, 1.165) is 72.3 Å². The third-order valence-corrected chi connectivity index (χ3v) is 12.0. The van der Waals surface area contributed by atoms with Gasteiger partial charge in [0, 0.05) is 58.8 Å². The lowest BCUT2D eigenvalue weighted by atomic mass is 9.93. The van der Waals surface area contributed by atoms with Crippen molar-refractivity contribution in [3.8, 4) is 67.3 Å². The molecule has 0 fully saturated rings. The number of para-hydroxylation sites is 1. The number of hydrogen-bond acceptors (Lipinski definition) is 4. The summed E-state index contributed by atoms with van der Waals surface area (Å²) in [5.74, 6) is 0.695. The maximum Gasteiger partial charge on any atom is 0.160 e. The molecule has 3 nitrogen and oxygen atoms in total. The maximum absolute atomic E-state index is 6.75. The zero-order valence-electron chi connectivity index (χ0n) is 30.2. The average molecular weight is 733 g/mol. The van der Waals surface area contributed by atoms with E-state index in [1.165, 1.54) is 31.3 Å². The van der Waals surface area contributed by atoms with Crippen LogP contribution in [0.15, 0.2) is 199 Å². The van der Waals surface area contributed by atoms with Gasteiger partial charge in [0.15, 0.2) is 5.82 Å². The van der Waals surface area contributed by atoms with E-state index in [-0.39, 0.29) is 0 Å². The summed E-state index contributed by atoms with van der Waals surface area (Å²) in [5.41, 5.74) is 13.5. The first-order valence-electron chi connectivity index (χ1n) is 18.8. The molecule has 4 heteroatoms. The normalized spacial score (nSPS) is 11.6. The van der Waals surface area contributed by atoms with E-state index in [1.54, 1.807) is 0 Å². The van der Waals surface area contributed by atoms with Gasteiger partial charge in [-0.3, -0.25) is 0 Å². The Hall–Kier alpha value is -7.14. The van der Waals surface area contributed by atoms with Crippen LogP contribution in [0.5, 0.6) is 0 Å². The molecule has 8 aromatic carbocycles. The van der Waals surface area contributed by atoms with Crippen LogP contribution in [0.1, 0.15) is 0 Å². The van der Waals surface area contributed by atoms with Gasteiger partial charge < -0.3 is 4.42 Å². The zero-order chi connectivity index (χ0) is 37.0. The topological polar surface area (TPSA) is 38.9 Å². The monoisotopic (exact) mass is 732 g/mol. The number of rotatable bonds is 6. The molecule has 0 aliphatic carbocycles. The molecule has 0 radical (unpaired) electrons. The molecule has 0 bridgehead atoms. The van der Waals surface area contributed by atoms with Gasteiger partial charge in [0.1, 0.15) is 11.2 Å². The molecule has 0 spiro atoms. The molecule has 0 saturated carbocycles. The summed E-state index contributed by atoms with van der Waals surface area (Å²) in [6.45, 7) is 0. The predicted octanol–water partition coefficient (Wildman–Crippen LogP) is 14.7. The van der Waals surface area contributed by atoms with Gasteiger partial charge in [0.05, 0.1) is 11.4 Å². The van der Waals surface area contributed by atoms with Crippen LogP contribution in [0.2, 0.25) is 0 Å². The summed E-state index contributed by atoms with van der Waals surface area (Å²) in [6.07, 6.45) is 0. The lowest BCUT2D eigenvalue weighted by Gasteiger charge is -2.12. The number of furan rings is 1. The third kappa shape index (κ3) is 5.50. The minimum absolute atomic E-state index is 0.695. The molecular formula is C52H32N2OS. The summed E-state index contributed by atoms with van der Waals surface area (Å²) in [5, 5.41) is 4.80. The Morgan fingerprint density at radius 2 is 0.929 bits per heavy atom. The molecule has 3 aromatic heterocycles. The van der Waals surface area contributed by atoms with E-state index in [0.29, 0.717) is 5.82 Å². The van der Waals surface area contributed by atoms with Crippen molar-refractivity contribution < 1.29 is 4.42 Å². The van der Waals surface area contributed by atoms with Crippen LogP contribution in [0, 0.1) is 0 Å². The summed E-state index contributed by atoms with van der Waals surface area (Å²) >= 11 is 1.85. The standard InChI is InChI=1S/C52H32N2OS/c1-3-12-33(13-4-1)34-22-28-38(29-23-34)52-53-45(36-14-5-2-6-15-36)32-46(54-52)37-26-24-35(25-27-37)39-30-31-41(50-49(39)44-17-7-9-20-47(44)55-50)43-19-11-18-42-40-16-8-10-21-48(40)56-51(42)43/h1-32H. The Morgan fingerprint density at radius 1 is 0.375 bits per heavy atom. The van der Waals surface area contributed by atoms with Crippen molar-refractivity contribution in [2.75, 3.05) is 0 Å². The summed E-state index contributed by atoms with van der Waals surface area (Å²) in [6, 6.07) is 68.3. The van der Waals surface area contributed by atoms with Crippen molar-refractivity contribution in [3.05, 3.63) is 194 Å². The minimum atomic E-state index is 0.695. The highest BCUT2D eigenvalue weighted by atomic mass is 32.1. The first-order chi connectivity index (χ1) is 27.7. The van der Waals surface area contributed by atoms with Gasteiger partial charge in [-0.2, -0.15) is 0 Å². The van der Waals surface area contributed by atoms with Crippen molar-refractivity contribution in [2.24, 2.45) is 0 Å². The van der Waals surface area contributed by atoms with Crippen molar-refractivity contribution in [1.29, 1.82) is 0 Å². The van der Waals surface area contributed by atoms with Gasteiger partial charge in [-0.05, 0) is 46.5 Å². The molecule has 262 valence electrons. The summed E-state index contributed by atoms with van der Waals surface area (Å²) in [4.78, 5) is 10.2. The molecule has 0 N–H and O–H groups in total. The SMILES string of the molecule is c1ccc(-c2ccc(-c3nc(-c4ccccc4)cc(-c4ccc(-c5ccc(-c6cccc7c6sc6ccccc67)c6oc7ccccc7c56)cc4)n3)cc2)cc1. The quantitative estimate of drug-likeness (QED) is 0.171. The van der Waals surface area contributed by atoms with Crippen LogP contribution in [-0.4, -0.2) is 9.97 Å². The van der Waals surface area contributed by atoms with Gasteiger partial charge in [-0.1, -0.05) is 170 Å². The largest absolute Gasteiger partial charge is 0.455 e. The van der Waals surface area contributed by atoms with Gasteiger partial charge >= 0.3 is 0 Å². The van der Waals surface area contributed by atoms with Crippen molar-refractivity contribution >= 4 is 53.4 Å². The zero-order valence-corrected chi connectivity index (χ0v) is 31.0. The fourth-order valence-corrected chi connectivity index (χ4v) is 9.21. The van der Waals surface area contributed by atoms with Crippen LogP contribution in [0.3, 0.4) is 0 Å². The molecule has 0 amide bonds. The van der Waals surface area contributed by atoms with E-state index in [2.05, 4.69) is 176 Å².